The molecule has 0 bridgehead atoms. The molecule has 21 heavy (non-hydrogen) atoms. The first-order chi connectivity index (χ1) is 10.0. The fraction of sp³-hybridized carbons (Fsp3) is 0.625. The van der Waals surface area contributed by atoms with Crippen molar-refractivity contribution < 1.29 is 0 Å². The second kappa shape index (κ2) is 6.25. The summed E-state index contributed by atoms with van der Waals surface area (Å²) in [7, 11) is 0. The Bertz CT molecular complexity index is 630. The predicted molar refractivity (Wildman–Crippen MR) is 90.6 cm³/mol. The predicted octanol–water partition coefficient (Wildman–Crippen LogP) is 5.32. The van der Waals surface area contributed by atoms with Gasteiger partial charge in [-0.05, 0) is 53.6 Å². The molecular formula is C16H21BrClN3. The summed E-state index contributed by atoms with van der Waals surface area (Å²) in [6.45, 7) is 5.33. The van der Waals surface area contributed by atoms with E-state index >= 15 is 0 Å². The first-order valence-electron chi connectivity index (χ1n) is 7.70. The smallest absolute Gasteiger partial charge is 0.160 e. The van der Waals surface area contributed by atoms with Crippen molar-refractivity contribution in [2.45, 2.75) is 51.5 Å². The normalized spacial score (nSPS) is 24.4. The Balaban J connectivity index is 1.93. The third-order valence-electron chi connectivity index (χ3n) is 4.51. The van der Waals surface area contributed by atoms with Gasteiger partial charge in [0.2, 0.25) is 0 Å². The number of imidazole rings is 1. The largest absolute Gasteiger partial charge is 0.311 e. The summed E-state index contributed by atoms with van der Waals surface area (Å²) in [5.74, 6) is 2.54. The highest BCUT2D eigenvalue weighted by Gasteiger charge is 2.22. The molecule has 1 aliphatic rings. The maximum atomic E-state index is 6.34. The molecule has 0 saturated heterocycles. The van der Waals surface area contributed by atoms with E-state index in [9.17, 15) is 0 Å². The van der Waals surface area contributed by atoms with Crippen LogP contribution in [0.15, 0.2) is 16.7 Å². The van der Waals surface area contributed by atoms with Crippen LogP contribution in [0.2, 0.25) is 0 Å². The highest BCUT2D eigenvalue weighted by Crippen LogP contribution is 2.32. The van der Waals surface area contributed by atoms with Gasteiger partial charge in [0.15, 0.2) is 5.65 Å². The van der Waals surface area contributed by atoms with Crippen LogP contribution < -0.4 is 0 Å². The van der Waals surface area contributed by atoms with Crippen molar-refractivity contribution in [1.82, 2.24) is 14.5 Å². The molecule has 1 unspecified atom stereocenters. The monoisotopic (exact) mass is 369 g/mol. The number of nitrogens with zero attached hydrogens (tertiary/aromatic N) is 3. The van der Waals surface area contributed by atoms with Gasteiger partial charge in [-0.3, -0.25) is 0 Å². The second-order valence-electron chi connectivity index (χ2n) is 6.32. The molecule has 0 N–H and O–H groups in total. The lowest BCUT2D eigenvalue weighted by molar-refractivity contribution is 0.264. The number of aromatic nitrogens is 3. The van der Waals surface area contributed by atoms with Gasteiger partial charge in [0, 0.05) is 17.2 Å². The molecular weight excluding hydrogens is 350 g/mol. The highest BCUT2D eigenvalue weighted by molar-refractivity contribution is 9.10. The molecule has 2 aromatic rings. The van der Waals surface area contributed by atoms with Crippen molar-refractivity contribution in [2.24, 2.45) is 11.8 Å². The lowest BCUT2D eigenvalue weighted by Gasteiger charge is -2.27. The van der Waals surface area contributed by atoms with E-state index in [4.69, 9.17) is 16.6 Å². The number of hydrogen-bond donors (Lipinski definition) is 0. The number of alkyl halides is 1. The Kier molecular flexibility index (Phi) is 4.55. The van der Waals surface area contributed by atoms with Crippen LogP contribution in [0.1, 0.15) is 50.7 Å². The summed E-state index contributed by atoms with van der Waals surface area (Å²) in [5, 5.41) is -0.0968. The van der Waals surface area contributed by atoms with Crippen LogP contribution in [0.25, 0.3) is 11.2 Å². The van der Waals surface area contributed by atoms with Gasteiger partial charge in [-0.15, -0.1) is 11.6 Å². The maximum Gasteiger partial charge on any atom is 0.160 e. The van der Waals surface area contributed by atoms with Crippen LogP contribution in [0, 0.1) is 11.8 Å². The fourth-order valence-electron chi connectivity index (χ4n) is 3.26. The van der Waals surface area contributed by atoms with Gasteiger partial charge in [-0.25, -0.2) is 9.97 Å². The van der Waals surface area contributed by atoms with Crippen LogP contribution in [-0.2, 0) is 6.54 Å². The van der Waals surface area contributed by atoms with E-state index < -0.39 is 0 Å². The lowest BCUT2D eigenvalue weighted by atomic mass is 9.83. The first-order valence-corrected chi connectivity index (χ1v) is 8.93. The zero-order chi connectivity index (χ0) is 15.0. The van der Waals surface area contributed by atoms with Gasteiger partial charge >= 0.3 is 0 Å². The van der Waals surface area contributed by atoms with E-state index in [2.05, 4.69) is 32.4 Å². The SMILES string of the molecule is CC1CCC(Cn2c(C(C)Cl)nc3cc(Br)cnc32)CC1. The van der Waals surface area contributed by atoms with Crippen LogP contribution >= 0.6 is 27.5 Å². The Morgan fingerprint density at radius 3 is 2.76 bits per heavy atom. The van der Waals surface area contributed by atoms with Crippen LogP contribution in [0.5, 0.6) is 0 Å². The molecule has 1 aliphatic carbocycles. The summed E-state index contributed by atoms with van der Waals surface area (Å²) in [6.07, 6.45) is 7.11. The highest BCUT2D eigenvalue weighted by atomic mass is 79.9. The first kappa shape index (κ1) is 15.3. The number of halogens is 2. The van der Waals surface area contributed by atoms with Gasteiger partial charge in [0.05, 0.1) is 5.38 Å². The van der Waals surface area contributed by atoms with Crippen molar-refractivity contribution >= 4 is 38.7 Å². The molecule has 0 spiro atoms. The molecule has 5 heteroatoms. The third-order valence-corrected chi connectivity index (χ3v) is 5.14. The molecule has 1 atom stereocenters. The Morgan fingerprint density at radius 1 is 1.38 bits per heavy atom. The van der Waals surface area contributed by atoms with E-state index in [1.165, 1.54) is 25.7 Å². The van der Waals surface area contributed by atoms with E-state index in [0.29, 0.717) is 0 Å². The quantitative estimate of drug-likeness (QED) is 0.685. The molecule has 1 saturated carbocycles. The molecule has 114 valence electrons. The number of hydrogen-bond acceptors (Lipinski definition) is 2. The molecule has 1 fully saturated rings. The minimum absolute atomic E-state index is 0.0968. The Hall–Kier alpha value is -0.610. The topological polar surface area (TPSA) is 30.7 Å². The molecule has 0 amide bonds. The van der Waals surface area contributed by atoms with Crippen LogP contribution in [0.3, 0.4) is 0 Å². The average molecular weight is 371 g/mol. The van der Waals surface area contributed by atoms with E-state index in [0.717, 1.165) is 39.8 Å². The minimum atomic E-state index is -0.0968. The molecule has 3 nitrogen and oxygen atoms in total. The molecule has 0 radical (unpaired) electrons. The molecule has 3 rings (SSSR count). The summed E-state index contributed by atoms with van der Waals surface area (Å²) in [4.78, 5) is 9.25. The van der Waals surface area contributed by atoms with E-state index in [-0.39, 0.29) is 5.38 Å². The van der Waals surface area contributed by atoms with Crippen molar-refractivity contribution in [3.05, 3.63) is 22.6 Å². The number of rotatable bonds is 3. The lowest BCUT2D eigenvalue weighted by Crippen LogP contribution is -2.19. The standard InChI is InChI=1S/C16H21BrClN3/c1-10-3-5-12(6-4-10)9-21-15(11(2)18)20-14-7-13(17)8-19-16(14)21/h7-8,10-12H,3-6,9H2,1-2H3. The molecule has 2 heterocycles. The van der Waals surface area contributed by atoms with Crippen molar-refractivity contribution in [3.8, 4) is 0 Å². The second-order valence-corrected chi connectivity index (χ2v) is 7.89. The zero-order valence-corrected chi connectivity index (χ0v) is 14.9. The Labute approximate surface area is 139 Å². The van der Waals surface area contributed by atoms with E-state index in [1.54, 1.807) is 0 Å². The van der Waals surface area contributed by atoms with Crippen LogP contribution in [0.4, 0.5) is 0 Å². The summed E-state index contributed by atoms with van der Waals surface area (Å²) in [6, 6.07) is 2.02. The maximum absolute atomic E-state index is 6.34. The summed E-state index contributed by atoms with van der Waals surface area (Å²) in [5.41, 5.74) is 1.88. The van der Waals surface area contributed by atoms with Crippen LogP contribution in [-0.4, -0.2) is 14.5 Å². The van der Waals surface area contributed by atoms with Gasteiger partial charge in [0.1, 0.15) is 11.3 Å². The summed E-state index contributed by atoms with van der Waals surface area (Å²) >= 11 is 9.80. The minimum Gasteiger partial charge on any atom is -0.311 e. The third kappa shape index (κ3) is 3.26. The fourth-order valence-corrected chi connectivity index (χ4v) is 3.74. The van der Waals surface area contributed by atoms with Gasteiger partial charge < -0.3 is 4.57 Å². The summed E-state index contributed by atoms with van der Waals surface area (Å²) < 4.78 is 3.19. The molecule has 2 aromatic heterocycles. The van der Waals surface area contributed by atoms with Crippen molar-refractivity contribution in [3.63, 3.8) is 0 Å². The number of fused-ring (bicyclic) bond motifs is 1. The number of pyridine rings is 1. The van der Waals surface area contributed by atoms with E-state index in [1.807, 2.05) is 19.2 Å². The molecule has 0 aromatic carbocycles. The van der Waals surface area contributed by atoms with Gasteiger partial charge in [0.25, 0.3) is 0 Å². The Morgan fingerprint density at radius 2 is 2.10 bits per heavy atom. The molecule has 0 aliphatic heterocycles. The van der Waals surface area contributed by atoms with Crippen molar-refractivity contribution in [1.29, 1.82) is 0 Å². The van der Waals surface area contributed by atoms with Crippen molar-refractivity contribution in [2.75, 3.05) is 0 Å². The van der Waals surface area contributed by atoms with Gasteiger partial charge in [-0.1, -0.05) is 19.8 Å². The average Bonchev–Trinajstić information content (AvgIpc) is 2.79. The zero-order valence-electron chi connectivity index (χ0n) is 12.5. The van der Waals surface area contributed by atoms with Gasteiger partial charge in [-0.2, -0.15) is 0 Å².